The zero-order valence-electron chi connectivity index (χ0n) is 11.4. The lowest BCUT2D eigenvalue weighted by atomic mass is 10.0. The van der Waals surface area contributed by atoms with Gasteiger partial charge in [-0.15, -0.1) is 0 Å². The summed E-state index contributed by atoms with van der Waals surface area (Å²) in [7, 11) is 1.69. The van der Waals surface area contributed by atoms with E-state index < -0.39 is 0 Å². The average molecular weight is 262 g/mol. The van der Waals surface area contributed by atoms with Crippen molar-refractivity contribution in [3.8, 4) is 5.75 Å². The molecule has 0 fully saturated rings. The fourth-order valence-electron chi connectivity index (χ4n) is 2.89. The Hall–Kier alpha value is -2.55. The number of benzene rings is 2. The quantitative estimate of drug-likeness (QED) is 0.558. The number of H-pyrrole nitrogens is 1. The Morgan fingerprint density at radius 2 is 1.90 bits per heavy atom. The van der Waals surface area contributed by atoms with Crippen LogP contribution < -0.4 is 4.74 Å². The largest absolute Gasteiger partial charge is 0.497 e. The summed E-state index contributed by atoms with van der Waals surface area (Å²) in [6.07, 6.45) is 0. The summed E-state index contributed by atoms with van der Waals surface area (Å²) < 4.78 is 5.32. The number of aryl methyl sites for hydroxylation is 1. The smallest absolute Gasteiger partial charge is 0.139 e. The summed E-state index contributed by atoms with van der Waals surface area (Å²) in [4.78, 5) is 8.14. The van der Waals surface area contributed by atoms with Crippen LogP contribution in [-0.4, -0.2) is 17.1 Å². The van der Waals surface area contributed by atoms with Gasteiger partial charge in [0.05, 0.1) is 12.6 Å². The van der Waals surface area contributed by atoms with Crippen LogP contribution in [0.1, 0.15) is 5.56 Å². The second kappa shape index (κ2) is 3.97. The average Bonchev–Trinajstić information content (AvgIpc) is 2.85. The normalized spacial score (nSPS) is 11.5. The number of fused-ring (bicyclic) bond motifs is 4. The SMILES string of the molecule is COc1ccc2nc3[nH]c4ccccc4c3c(C)c2c1. The first kappa shape index (κ1) is 11.3. The predicted octanol–water partition coefficient (Wildman–Crippen LogP) is 4.19. The molecular weight excluding hydrogens is 248 g/mol. The van der Waals surface area contributed by atoms with Gasteiger partial charge in [-0.3, -0.25) is 0 Å². The van der Waals surface area contributed by atoms with E-state index in [2.05, 4.69) is 36.2 Å². The maximum Gasteiger partial charge on any atom is 0.139 e. The summed E-state index contributed by atoms with van der Waals surface area (Å²) in [5, 5.41) is 3.56. The highest BCUT2D eigenvalue weighted by Crippen LogP contribution is 2.32. The van der Waals surface area contributed by atoms with E-state index in [-0.39, 0.29) is 0 Å². The molecule has 20 heavy (non-hydrogen) atoms. The van der Waals surface area contributed by atoms with Crippen molar-refractivity contribution < 1.29 is 4.74 Å². The van der Waals surface area contributed by atoms with Gasteiger partial charge in [-0.1, -0.05) is 18.2 Å². The van der Waals surface area contributed by atoms with Gasteiger partial charge in [0, 0.05) is 21.7 Å². The fourth-order valence-corrected chi connectivity index (χ4v) is 2.89. The van der Waals surface area contributed by atoms with Crippen LogP contribution in [-0.2, 0) is 0 Å². The molecule has 4 aromatic rings. The summed E-state index contributed by atoms with van der Waals surface area (Å²) in [5.41, 5.74) is 4.30. The van der Waals surface area contributed by atoms with E-state index in [0.717, 1.165) is 27.8 Å². The highest BCUT2D eigenvalue weighted by Gasteiger charge is 2.11. The van der Waals surface area contributed by atoms with E-state index in [4.69, 9.17) is 9.72 Å². The van der Waals surface area contributed by atoms with Crippen LogP contribution in [0.3, 0.4) is 0 Å². The maximum absolute atomic E-state index is 5.32. The zero-order valence-corrected chi connectivity index (χ0v) is 11.4. The summed E-state index contributed by atoms with van der Waals surface area (Å²) >= 11 is 0. The number of rotatable bonds is 1. The number of pyridine rings is 1. The van der Waals surface area contributed by atoms with Crippen LogP contribution in [0.15, 0.2) is 42.5 Å². The van der Waals surface area contributed by atoms with Crippen molar-refractivity contribution in [3.63, 3.8) is 0 Å². The number of hydrogen-bond acceptors (Lipinski definition) is 2. The molecule has 0 aliphatic rings. The molecule has 0 saturated carbocycles. The molecule has 1 N–H and O–H groups in total. The lowest BCUT2D eigenvalue weighted by Crippen LogP contribution is -1.88. The van der Waals surface area contributed by atoms with E-state index in [1.54, 1.807) is 7.11 Å². The molecule has 0 aliphatic heterocycles. The van der Waals surface area contributed by atoms with E-state index in [0.29, 0.717) is 0 Å². The second-order valence-corrected chi connectivity index (χ2v) is 5.01. The molecule has 0 bridgehead atoms. The van der Waals surface area contributed by atoms with Gasteiger partial charge in [0.15, 0.2) is 0 Å². The number of methoxy groups -OCH3 is 1. The molecule has 3 nitrogen and oxygen atoms in total. The van der Waals surface area contributed by atoms with Gasteiger partial charge in [-0.25, -0.2) is 4.98 Å². The van der Waals surface area contributed by atoms with Gasteiger partial charge in [0.1, 0.15) is 11.4 Å². The van der Waals surface area contributed by atoms with Crippen molar-refractivity contribution in [3.05, 3.63) is 48.0 Å². The molecule has 0 aliphatic carbocycles. The predicted molar refractivity (Wildman–Crippen MR) is 82.4 cm³/mol. The van der Waals surface area contributed by atoms with Crippen molar-refractivity contribution >= 4 is 32.8 Å². The molecule has 0 saturated heterocycles. The van der Waals surface area contributed by atoms with E-state index in [1.807, 2.05) is 18.2 Å². The van der Waals surface area contributed by atoms with E-state index in [9.17, 15) is 0 Å². The lowest BCUT2D eigenvalue weighted by molar-refractivity contribution is 0.415. The highest BCUT2D eigenvalue weighted by atomic mass is 16.5. The Balaban J connectivity index is 2.23. The van der Waals surface area contributed by atoms with Crippen LogP contribution >= 0.6 is 0 Å². The van der Waals surface area contributed by atoms with Crippen LogP contribution in [0.2, 0.25) is 0 Å². The first-order valence-corrected chi connectivity index (χ1v) is 6.62. The third-order valence-electron chi connectivity index (χ3n) is 3.90. The Kier molecular flexibility index (Phi) is 2.24. The molecule has 3 heteroatoms. The van der Waals surface area contributed by atoms with Crippen LogP contribution in [0.5, 0.6) is 5.75 Å². The highest BCUT2D eigenvalue weighted by molar-refractivity contribution is 6.12. The number of para-hydroxylation sites is 1. The number of nitrogens with one attached hydrogen (secondary N) is 1. The maximum atomic E-state index is 5.32. The minimum atomic E-state index is 0.863. The van der Waals surface area contributed by atoms with Crippen molar-refractivity contribution in [2.75, 3.05) is 7.11 Å². The molecule has 2 aromatic heterocycles. The van der Waals surface area contributed by atoms with Gasteiger partial charge in [0.2, 0.25) is 0 Å². The summed E-state index contributed by atoms with van der Waals surface area (Å²) in [5.74, 6) is 0.863. The standard InChI is InChI=1S/C17H14N2O/c1-10-13-9-11(20-2)7-8-15(13)19-17-16(10)12-5-3-4-6-14(12)18-17/h3-9H,1-2H3,(H,18,19). The van der Waals surface area contributed by atoms with Crippen LogP contribution in [0, 0.1) is 6.92 Å². The number of ether oxygens (including phenoxy) is 1. The number of aromatic amines is 1. The molecule has 0 spiro atoms. The van der Waals surface area contributed by atoms with E-state index in [1.165, 1.54) is 16.3 Å². The van der Waals surface area contributed by atoms with Gasteiger partial charge in [-0.05, 0) is 36.8 Å². The summed E-state index contributed by atoms with van der Waals surface area (Å²) in [6.45, 7) is 2.14. The van der Waals surface area contributed by atoms with Gasteiger partial charge in [0.25, 0.3) is 0 Å². The van der Waals surface area contributed by atoms with Crippen molar-refractivity contribution in [2.24, 2.45) is 0 Å². The second-order valence-electron chi connectivity index (χ2n) is 5.01. The van der Waals surface area contributed by atoms with Crippen LogP contribution in [0.25, 0.3) is 32.8 Å². The van der Waals surface area contributed by atoms with Crippen molar-refractivity contribution in [2.45, 2.75) is 6.92 Å². The Morgan fingerprint density at radius 1 is 1.05 bits per heavy atom. The number of hydrogen-bond donors (Lipinski definition) is 1. The summed E-state index contributed by atoms with van der Waals surface area (Å²) in [6, 6.07) is 14.3. The minimum absolute atomic E-state index is 0.863. The third kappa shape index (κ3) is 1.43. The lowest BCUT2D eigenvalue weighted by Gasteiger charge is -2.06. The molecular formula is C17H14N2O. The monoisotopic (exact) mass is 262 g/mol. The van der Waals surface area contributed by atoms with Gasteiger partial charge < -0.3 is 9.72 Å². The Morgan fingerprint density at radius 3 is 2.75 bits per heavy atom. The molecule has 4 rings (SSSR count). The zero-order chi connectivity index (χ0) is 13.7. The molecule has 2 aromatic carbocycles. The van der Waals surface area contributed by atoms with Crippen LogP contribution in [0.4, 0.5) is 0 Å². The minimum Gasteiger partial charge on any atom is -0.497 e. The molecule has 0 atom stereocenters. The van der Waals surface area contributed by atoms with Crippen molar-refractivity contribution in [1.29, 1.82) is 0 Å². The molecule has 0 radical (unpaired) electrons. The number of aromatic nitrogens is 2. The van der Waals surface area contributed by atoms with Gasteiger partial charge in [-0.2, -0.15) is 0 Å². The molecule has 0 amide bonds. The third-order valence-corrected chi connectivity index (χ3v) is 3.90. The molecule has 98 valence electrons. The topological polar surface area (TPSA) is 37.9 Å². The number of nitrogens with zero attached hydrogens (tertiary/aromatic N) is 1. The van der Waals surface area contributed by atoms with Crippen molar-refractivity contribution in [1.82, 2.24) is 9.97 Å². The Bertz CT molecular complexity index is 953. The first-order chi connectivity index (χ1) is 9.78. The fraction of sp³-hybridized carbons (Fsp3) is 0.118. The Labute approximate surface area is 116 Å². The van der Waals surface area contributed by atoms with E-state index >= 15 is 0 Å². The van der Waals surface area contributed by atoms with Gasteiger partial charge >= 0.3 is 0 Å². The molecule has 0 unspecified atom stereocenters. The molecule has 2 heterocycles. The first-order valence-electron chi connectivity index (χ1n) is 6.62.